The first kappa shape index (κ1) is 53.5. The molecule has 1 aliphatic rings. The molecule has 354 valence electrons. The van der Waals surface area contributed by atoms with E-state index in [1.54, 1.807) is 0 Å². The van der Waals surface area contributed by atoms with Gasteiger partial charge in [-0.3, -0.25) is 0 Å². The van der Waals surface area contributed by atoms with Crippen LogP contribution >= 0.6 is 0 Å². The molecule has 1 N–H and O–H groups in total. The number of ether oxygens (including phenoxy) is 14. The molecule has 3 rings (SSSR count). The Kier molecular flexibility index (Phi) is 33.4. The van der Waals surface area contributed by atoms with Gasteiger partial charge >= 0.3 is 6.09 Å². The van der Waals surface area contributed by atoms with Crippen LogP contribution in [-0.4, -0.2) is 191 Å². The highest BCUT2D eigenvalue weighted by molar-refractivity contribution is 5.79. The molecule has 1 unspecified atom stereocenters. The van der Waals surface area contributed by atoms with Gasteiger partial charge in [-0.2, -0.15) is 0 Å². The minimum atomic E-state index is -0.453. The van der Waals surface area contributed by atoms with Gasteiger partial charge in [0.2, 0.25) is 0 Å². The van der Waals surface area contributed by atoms with Crippen molar-refractivity contribution in [1.29, 1.82) is 0 Å². The molecule has 0 saturated carbocycles. The third-order valence-electron chi connectivity index (χ3n) is 9.42. The van der Waals surface area contributed by atoms with E-state index in [1.165, 1.54) is 22.3 Å². The highest BCUT2D eigenvalue weighted by Gasteiger charge is 2.29. The van der Waals surface area contributed by atoms with Crippen molar-refractivity contribution in [1.82, 2.24) is 5.32 Å². The Hall–Kier alpha value is -2.81. The zero-order chi connectivity index (χ0) is 43.8. The molecule has 0 fully saturated rings. The Bertz CT molecular complexity index is 1300. The van der Waals surface area contributed by atoms with Crippen molar-refractivity contribution in [2.45, 2.75) is 26.2 Å². The number of carbonyl (C=O) groups is 1. The Morgan fingerprint density at radius 3 is 1.06 bits per heavy atom. The van der Waals surface area contributed by atoms with Gasteiger partial charge in [0.25, 0.3) is 0 Å². The molecule has 1 amide bonds. The average Bonchev–Trinajstić information content (AvgIpc) is 3.62. The van der Waals surface area contributed by atoms with E-state index in [9.17, 15) is 4.79 Å². The van der Waals surface area contributed by atoms with E-state index >= 15 is 0 Å². The van der Waals surface area contributed by atoms with E-state index in [0.29, 0.717) is 178 Å². The lowest BCUT2D eigenvalue weighted by atomic mass is 9.98. The molecule has 0 bridgehead atoms. The molecule has 0 saturated heterocycles. The van der Waals surface area contributed by atoms with Gasteiger partial charge in [-0.15, -0.1) is 0 Å². The van der Waals surface area contributed by atoms with Crippen molar-refractivity contribution in [3.05, 3.63) is 59.7 Å². The quantitative estimate of drug-likeness (QED) is 0.0906. The van der Waals surface area contributed by atoms with Crippen LogP contribution in [0, 0.1) is 5.92 Å². The second-order valence-corrected chi connectivity index (χ2v) is 14.2. The van der Waals surface area contributed by atoms with Crippen LogP contribution in [0.25, 0.3) is 11.1 Å². The molecule has 0 aliphatic heterocycles. The summed E-state index contributed by atoms with van der Waals surface area (Å²) >= 11 is 0. The molecule has 1 atom stereocenters. The summed E-state index contributed by atoms with van der Waals surface area (Å²) in [6, 6.07) is 16.5. The summed E-state index contributed by atoms with van der Waals surface area (Å²) in [7, 11) is 0. The lowest BCUT2D eigenvalue weighted by molar-refractivity contribution is -0.0292. The maximum absolute atomic E-state index is 12.3. The molecule has 0 heterocycles. The van der Waals surface area contributed by atoms with Crippen LogP contribution in [-0.2, 0) is 66.3 Å². The van der Waals surface area contributed by atoms with Crippen LogP contribution in [0.5, 0.6) is 0 Å². The third kappa shape index (κ3) is 26.7. The summed E-state index contributed by atoms with van der Waals surface area (Å²) in [4.78, 5) is 12.3. The van der Waals surface area contributed by atoms with Crippen molar-refractivity contribution >= 4 is 6.09 Å². The topological polar surface area (TPSA) is 158 Å². The maximum atomic E-state index is 12.3. The van der Waals surface area contributed by atoms with Crippen molar-refractivity contribution in [2.24, 2.45) is 5.92 Å². The first-order valence-corrected chi connectivity index (χ1v) is 22.3. The van der Waals surface area contributed by atoms with Crippen molar-refractivity contribution in [2.75, 3.05) is 185 Å². The molecular formula is C46H75NO15. The monoisotopic (exact) mass is 882 g/mol. The molecule has 16 nitrogen and oxygen atoms in total. The van der Waals surface area contributed by atoms with Crippen molar-refractivity contribution in [3.63, 3.8) is 0 Å². The van der Waals surface area contributed by atoms with E-state index in [4.69, 9.17) is 66.3 Å². The summed E-state index contributed by atoms with van der Waals surface area (Å²) in [5, 5.41) is 2.75. The van der Waals surface area contributed by atoms with Gasteiger partial charge in [0.1, 0.15) is 6.61 Å². The van der Waals surface area contributed by atoms with Crippen molar-refractivity contribution < 1.29 is 71.1 Å². The number of rotatable bonds is 44. The molecule has 16 heteroatoms. The third-order valence-corrected chi connectivity index (χ3v) is 9.42. The summed E-state index contributed by atoms with van der Waals surface area (Å²) in [6.45, 7) is 18.2. The normalized spacial score (nSPS) is 12.7. The number of hydrogen-bond acceptors (Lipinski definition) is 15. The smallest absolute Gasteiger partial charge is 0.407 e. The number of benzene rings is 2. The van der Waals surface area contributed by atoms with Crippen LogP contribution in [0.1, 0.15) is 37.3 Å². The van der Waals surface area contributed by atoms with Gasteiger partial charge in [0.15, 0.2) is 0 Å². The zero-order valence-electron chi connectivity index (χ0n) is 37.4. The number of nitrogens with one attached hydrogen (secondary N) is 1. The SMILES string of the molecule is CCC(C)COCCOCCOCCOCCOCCOCCOCCOCCOCCOCCOCCOCCOCCNC(=O)OCC1c2ccccc2-c2ccccc21. The Morgan fingerprint density at radius 1 is 0.452 bits per heavy atom. The van der Waals surface area contributed by atoms with E-state index in [1.807, 2.05) is 24.3 Å². The highest BCUT2D eigenvalue weighted by atomic mass is 16.6. The van der Waals surface area contributed by atoms with E-state index in [-0.39, 0.29) is 12.5 Å². The van der Waals surface area contributed by atoms with E-state index < -0.39 is 6.09 Å². The molecule has 0 aromatic heterocycles. The fourth-order valence-corrected chi connectivity index (χ4v) is 5.92. The minimum absolute atomic E-state index is 0.0344. The minimum Gasteiger partial charge on any atom is -0.449 e. The maximum Gasteiger partial charge on any atom is 0.407 e. The summed E-state index contributed by atoms with van der Waals surface area (Å²) in [5.74, 6) is 0.625. The van der Waals surface area contributed by atoms with Crippen LogP contribution in [0.2, 0.25) is 0 Å². The highest BCUT2D eigenvalue weighted by Crippen LogP contribution is 2.44. The lowest BCUT2D eigenvalue weighted by Crippen LogP contribution is -2.29. The zero-order valence-corrected chi connectivity index (χ0v) is 37.4. The number of fused-ring (bicyclic) bond motifs is 3. The van der Waals surface area contributed by atoms with Gasteiger partial charge in [-0.25, -0.2) is 4.79 Å². The number of carbonyl (C=O) groups excluding carboxylic acids is 1. The molecule has 1 aliphatic carbocycles. The van der Waals surface area contributed by atoms with Crippen LogP contribution < -0.4 is 5.32 Å². The predicted molar refractivity (Wildman–Crippen MR) is 233 cm³/mol. The Labute approximate surface area is 369 Å². The van der Waals surface area contributed by atoms with Crippen molar-refractivity contribution in [3.8, 4) is 11.1 Å². The summed E-state index contributed by atoms with van der Waals surface area (Å²) in [5.41, 5.74) is 4.77. The fourth-order valence-electron chi connectivity index (χ4n) is 5.92. The first-order chi connectivity index (χ1) is 30.7. The van der Waals surface area contributed by atoms with Crippen LogP contribution in [0.4, 0.5) is 4.79 Å². The van der Waals surface area contributed by atoms with Gasteiger partial charge in [-0.1, -0.05) is 68.8 Å². The predicted octanol–water partition coefficient (Wildman–Crippen LogP) is 4.79. The molecule has 0 radical (unpaired) electrons. The fraction of sp³-hybridized carbons (Fsp3) is 0.717. The standard InChI is InChI=1S/C46H75NO15/c1-3-40(2)38-61-37-36-60-35-34-59-33-32-58-31-30-57-29-28-56-27-26-55-25-24-54-23-22-53-21-20-52-19-18-51-17-16-50-15-14-49-13-12-47-46(48)62-39-45-43-10-6-4-8-41(43)42-9-5-7-11-44(42)45/h4-11,40,45H,3,12-39H2,1-2H3,(H,47,48). The molecule has 0 spiro atoms. The van der Waals surface area contributed by atoms with Crippen LogP contribution in [0.3, 0.4) is 0 Å². The first-order valence-electron chi connectivity index (χ1n) is 22.3. The van der Waals surface area contributed by atoms with Crippen LogP contribution in [0.15, 0.2) is 48.5 Å². The second kappa shape index (κ2) is 38.6. The number of alkyl carbamates (subject to hydrolysis) is 1. The van der Waals surface area contributed by atoms with E-state index in [2.05, 4.69) is 43.4 Å². The van der Waals surface area contributed by atoms with Gasteiger partial charge < -0.3 is 71.6 Å². The largest absolute Gasteiger partial charge is 0.449 e. The van der Waals surface area contributed by atoms with Gasteiger partial charge in [-0.05, 0) is 28.2 Å². The summed E-state index contributed by atoms with van der Waals surface area (Å²) in [6.07, 6.45) is 0.674. The van der Waals surface area contributed by atoms with Gasteiger partial charge in [0.05, 0.1) is 165 Å². The summed E-state index contributed by atoms with van der Waals surface area (Å²) < 4.78 is 77.2. The Morgan fingerprint density at radius 2 is 0.742 bits per heavy atom. The lowest BCUT2D eigenvalue weighted by Gasteiger charge is -2.14. The molecule has 2 aromatic carbocycles. The van der Waals surface area contributed by atoms with Gasteiger partial charge in [0, 0.05) is 19.1 Å². The molecular weight excluding hydrogens is 806 g/mol. The van der Waals surface area contributed by atoms with E-state index in [0.717, 1.165) is 13.0 Å². The average molecular weight is 882 g/mol. The Balaban J connectivity index is 0.913. The number of hydrogen-bond donors (Lipinski definition) is 1. The molecule has 62 heavy (non-hydrogen) atoms. The number of amides is 1. The molecule has 2 aromatic rings. The second-order valence-electron chi connectivity index (χ2n) is 14.2.